The van der Waals surface area contributed by atoms with E-state index >= 15 is 0 Å². The number of amides is 2. The highest BCUT2D eigenvalue weighted by Crippen LogP contribution is 2.23. The molecular formula is C29H30N4O2. The predicted molar refractivity (Wildman–Crippen MR) is 138 cm³/mol. The monoisotopic (exact) mass is 466 g/mol. The summed E-state index contributed by atoms with van der Waals surface area (Å²) in [6, 6.07) is 30.3. The Hall–Kier alpha value is -3.90. The van der Waals surface area contributed by atoms with E-state index in [0.717, 1.165) is 22.0 Å². The Kier molecular flexibility index (Phi) is 6.91. The maximum atomic E-state index is 13.6. The van der Waals surface area contributed by atoms with Gasteiger partial charge in [0.2, 0.25) is 5.91 Å². The van der Waals surface area contributed by atoms with Crippen molar-refractivity contribution >= 4 is 22.7 Å². The Morgan fingerprint density at radius 1 is 0.743 bits per heavy atom. The number of piperazine rings is 1. The van der Waals surface area contributed by atoms with Crippen molar-refractivity contribution in [2.75, 3.05) is 32.7 Å². The number of rotatable bonds is 7. The molecule has 1 N–H and O–H groups in total. The number of carbonyl (C=O) groups is 2. The van der Waals surface area contributed by atoms with E-state index in [0.29, 0.717) is 51.5 Å². The van der Waals surface area contributed by atoms with Crippen molar-refractivity contribution in [3.8, 4) is 0 Å². The Morgan fingerprint density at radius 2 is 1.37 bits per heavy atom. The van der Waals surface area contributed by atoms with Crippen molar-refractivity contribution in [3.05, 3.63) is 108 Å². The molecule has 0 unspecified atom stereocenters. The van der Waals surface area contributed by atoms with Gasteiger partial charge in [-0.3, -0.25) is 14.5 Å². The van der Waals surface area contributed by atoms with Crippen LogP contribution in [-0.4, -0.2) is 58.9 Å². The van der Waals surface area contributed by atoms with Gasteiger partial charge in [-0.2, -0.15) is 0 Å². The predicted octanol–water partition coefficient (Wildman–Crippen LogP) is 3.76. The highest BCUT2D eigenvalue weighted by molar-refractivity contribution is 5.99. The van der Waals surface area contributed by atoms with Gasteiger partial charge >= 0.3 is 0 Å². The van der Waals surface area contributed by atoms with Crippen LogP contribution in [0.3, 0.4) is 0 Å². The molecule has 2 amide bonds. The fourth-order valence-electron chi connectivity index (χ4n) is 4.65. The highest BCUT2D eigenvalue weighted by atomic mass is 16.2. The van der Waals surface area contributed by atoms with E-state index in [1.54, 1.807) is 0 Å². The molecule has 1 saturated heterocycles. The third-order valence-electron chi connectivity index (χ3n) is 6.57. The lowest BCUT2D eigenvalue weighted by Gasteiger charge is -2.34. The first-order chi connectivity index (χ1) is 17.2. The number of nitrogens with zero attached hydrogens (tertiary/aromatic N) is 3. The van der Waals surface area contributed by atoms with Crippen molar-refractivity contribution in [3.63, 3.8) is 0 Å². The second-order valence-corrected chi connectivity index (χ2v) is 8.99. The normalized spacial score (nSPS) is 14.2. The summed E-state index contributed by atoms with van der Waals surface area (Å²) in [5.41, 5.74) is 4.02. The number of carbonyl (C=O) groups excluding carboxylic acids is 2. The molecule has 0 radical (unpaired) electrons. The zero-order chi connectivity index (χ0) is 24.0. The molecule has 0 saturated carbocycles. The lowest BCUT2D eigenvalue weighted by molar-refractivity contribution is -0.122. The Bertz CT molecular complexity index is 1290. The minimum absolute atomic E-state index is 0.0108. The Morgan fingerprint density at radius 3 is 2.09 bits per heavy atom. The van der Waals surface area contributed by atoms with Gasteiger partial charge in [-0.25, -0.2) is 0 Å². The number of hydrogen-bond acceptors (Lipinski definition) is 3. The van der Waals surface area contributed by atoms with Crippen molar-refractivity contribution < 1.29 is 9.59 Å². The van der Waals surface area contributed by atoms with Gasteiger partial charge in [0.1, 0.15) is 5.69 Å². The summed E-state index contributed by atoms with van der Waals surface area (Å²) in [6.45, 7) is 4.12. The van der Waals surface area contributed by atoms with Gasteiger partial charge in [-0.15, -0.1) is 0 Å². The van der Waals surface area contributed by atoms with E-state index in [9.17, 15) is 9.59 Å². The third-order valence-corrected chi connectivity index (χ3v) is 6.57. The summed E-state index contributed by atoms with van der Waals surface area (Å²) in [5, 5.41) is 4.06. The first-order valence-electron chi connectivity index (χ1n) is 12.1. The molecule has 6 nitrogen and oxygen atoms in total. The van der Waals surface area contributed by atoms with Gasteiger partial charge in [0.15, 0.2) is 0 Å². The summed E-state index contributed by atoms with van der Waals surface area (Å²) in [5.74, 6) is 0.0573. The maximum Gasteiger partial charge on any atom is 0.270 e. The van der Waals surface area contributed by atoms with Crippen molar-refractivity contribution in [2.24, 2.45) is 0 Å². The fraction of sp³-hybridized carbons (Fsp3) is 0.241. The highest BCUT2D eigenvalue weighted by Gasteiger charge is 2.26. The standard InChI is InChI=1S/C29H30N4O2/c34-28(30-20-23-9-3-1-4-10-23)22-31-15-17-32(18-16-31)29(35)27-19-25-13-7-8-14-26(25)33(27)21-24-11-5-2-6-12-24/h1-14,19H,15-18,20-22H2,(H,30,34). The molecule has 178 valence electrons. The molecule has 2 heterocycles. The summed E-state index contributed by atoms with van der Waals surface area (Å²) in [6.07, 6.45) is 0. The van der Waals surface area contributed by atoms with E-state index < -0.39 is 0 Å². The van der Waals surface area contributed by atoms with Crippen LogP contribution in [0.1, 0.15) is 21.6 Å². The van der Waals surface area contributed by atoms with Crippen LogP contribution in [0.2, 0.25) is 0 Å². The van der Waals surface area contributed by atoms with Gasteiger partial charge in [-0.05, 0) is 23.3 Å². The average Bonchev–Trinajstić information content (AvgIpc) is 3.27. The molecule has 1 fully saturated rings. The van der Waals surface area contributed by atoms with Crippen molar-refractivity contribution in [2.45, 2.75) is 13.1 Å². The van der Waals surface area contributed by atoms with Crippen LogP contribution in [0.5, 0.6) is 0 Å². The maximum absolute atomic E-state index is 13.6. The van der Waals surface area contributed by atoms with Gasteiger partial charge in [0, 0.05) is 50.2 Å². The van der Waals surface area contributed by atoms with E-state index in [1.165, 1.54) is 0 Å². The minimum Gasteiger partial charge on any atom is -0.351 e. The molecule has 3 aromatic carbocycles. The molecule has 1 aliphatic rings. The van der Waals surface area contributed by atoms with Crippen molar-refractivity contribution in [1.82, 2.24) is 19.7 Å². The number of nitrogens with one attached hydrogen (secondary N) is 1. The van der Waals surface area contributed by atoms with Crippen LogP contribution in [0.25, 0.3) is 10.9 Å². The fourth-order valence-corrected chi connectivity index (χ4v) is 4.65. The SMILES string of the molecule is O=C(CN1CCN(C(=O)c2cc3ccccc3n2Cc2ccccc2)CC1)NCc1ccccc1. The molecule has 1 aliphatic heterocycles. The quantitative estimate of drug-likeness (QED) is 0.451. The smallest absolute Gasteiger partial charge is 0.270 e. The number of aromatic nitrogens is 1. The summed E-state index contributed by atoms with van der Waals surface area (Å²) >= 11 is 0. The molecule has 4 aromatic rings. The molecule has 1 aromatic heterocycles. The van der Waals surface area contributed by atoms with Gasteiger partial charge in [0.25, 0.3) is 5.91 Å². The number of hydrogen-bond donors (Lipinski definition) is 1. The molecule has 0 atom stereocenters. The molecule has 35 heavy (non-hydrogen) atoms. The van der Waals surface area contributed by atoms with E-state index in [-0.39, 0.29) is 11.8 Å². The molecule has 0 spiro atoms. The van der Waals surface area contributed by atoms with Crippen LogP contribution in [-0.2, 0) is 17.9 Å². The molecular weight excluding hydrogens is 436 g/mol. The summed E-state index contributed by atoms with van der Waals surface area (Å²) in [7, 11) is 0. The number of fused-ring (bicyclic) bond motifs is 1. The van der Waals surface area contributed by atoms with E-state index in [4.69, 9.17) is 0 Å². The number of benzene rings is 3. The number of para-hydroxylation sites is 1. The zero-order valence-electron chi connectivity index (χ0n) is 19.8. The topological polar surface area (TPSA) is 57.6 Å². The molecule has 0 aliphatic carbocycles. The van der Waals surface area contributed by atoms with Crippen LogP contribution < -0.4 is 5.32 Å². The molecule has 5 rings (SSSR count). The average molecular weight is 467 g/mol. The minimum atomic E-state index is 0.0108. The molecule has 0 bridgehead atoms. The van der Waals surface area contributed by atoms with Crippen molar-refractivity contribution in [1.29, 1.82) is 0 Å². The summed E-state index contributed by atoms with van der Waals surface area (Å²) < 4.78 is 2.12. The third kappa shape index (κ3) is 5.44. The lowest BCUT2D eigenvalue weighted by atomic mass is 10.2. The Balaban J connectivity index is 1.22. The van der Waals surface area contributed by atoms with Gasteiger partial charge < -0.3 is 14.8 Å². The molecule has 6 heteroatoms. The lowest BCUT2D eigenvalue weighted by Crippen LogP contribution is -2.51. The van der Waals surface area contributed by atoms with E-state index in [1.807, 2.05) is 71.6 Å². The summed E-state index contributed by atoms with van der Waals surface area (Å²) in [4.78, 5) is 30.0. The van der Waals surface area contributed by atoms with Crippen LogP contribution in [0.15, 0.2) is 91.0 Å². The second-order valence-electron chi connectivity index (χ2n) is 8.99. The van der Waals surface area contributed by atoms with Crippen LogP contribution in [0, 0.1) is 0 Å². The Labute approximate surface area is 205 Å². The van der Waals surface area contributed by atoms with E-state index in [2.05, 4.69) is 39.0 Å². The second kappa shape index (κ2) is 10.6. The van der Waals surface area contributed by atoms with Crippen LogP contribution >= 0.6 is 0 Å². The first-order valence-corrected chi connectivity index (χ1v) is 12.1. The zero-order valence-corrected chi connectivity index (χ0v) is 19.8. The van der Waals surface area contributed by atoms with Gasteiger partial charge in [-0.1, -0.05) is 78.9 Å². The van der Waals surface area contributed by atoms with Gasteiger partial charge in [0.05, 0.1) is 6.54 Å². The first kappa shape index (κ1) is 22.9. The van der Waals surface area contributed by atoms with Crippen LogP contribution in [0.4, 0.5) is 0 Å². The largest absolute Gasteiger partial charge is 0.351 e.